The first-order valence-electron chi connectivity index (χ1n) is 6.73. The molecule has 0 atom stereocenters. The first-order valence-corrected chi connectivity index (χ1v) is 8.83. The van der Waals surface area contributed by atoms with Crippen LogP contribution in [0.2, 0.25) is 0 Å². The summed E-state index contributed by atoms with van der Waals surface area (Å²) >= 11 is 3.74. The van der Waals surface area contributed by atoms with Gasteiger partial charge in [0, 0.05) is 23.3 Å². The number of thioether (sulfide) groups is 2. The van der Waals surface area contributed by atoms with Gasteiger partial charge in [-0.2, -0.15) is 0 Å². The van der Waals surface area contributed by atoms with Gasteiger partial charge in [-0.1, -0.05) is 12.1 Å². The van der Waals surface area contributed by atoms with Gasteiger partial charge in [0.2, 0.25) is 0 Å². The smallest absolute Gasteiger partial charge is 0.258 e. The van der Waals surface area contributed by atoms with Crippen molar-refractivity contribution in [2.24, 2.45) is 0 Å². The van der Waals surface area contributed by atoms with Gasteiger partial charge in [-0.25, -0.2) is 8.78 Å². The molecule has 1 heterocycles. The van der Waals surface area contributed by atoms with Gasteiger partial charge in [0.05, 0.1) is 10.1 Å². The molecule has 1 N–H and O–H groups in total. The lowest BCUT2D eigenvalue weighted by molar-refractivity contribution is 0.102. The Morgan fingerprint density at radius 2 is 1.86 bits per heavy atom. The van der Waals surface area contributed by atoms with E-state index in [1.807, 2.05) is 41.7 Å². The van der Waals surface area contributed by atoms with Crippen LogP contribution in [0.1, 0.15) is 20.5 Å². The molecule has 0 saturated carbocycles. The maximum Gasteiger partial charge on any atom is 0.258 e. The fraction of sp³-hybridized carbons (Fsp3) is 0.188. The molecule has 22 heavy (non-hydrogen) atoms. The van der Waals surface area contributed by atoms with Gasteiger partial charge in [0.15, 0.2) is 0 Å². The van der Waals surface area contributed by atoms with Gasteiger partial charge in [-0.15, -0.1) is 23.5 Å². The molecule has 114 valence electrons. The summed E-state index contributed by atoms with van der Waals surface area (Å²) in [6.45, 7) is 0. The minimum atomic E-state index is -0.865. The van der Waals surface area contributed by atoms with Crippen LogP contribution >= 0.6 is 23.5 Å². The predicted molar refractivity (Wildman–Crippen MR) is 88.4 cm³/mol. The molecular formula is C16H13F2NOS2. The number of hydrogen-bond acceptors (Lipinski definition) is 3. The molecule has 2 nitrogen and oxygen atoms in total. The van der Waals surface area contributed by atoms with Crippen molar-refractivity contribution in [2.75, 3.05) is 16.8 Å². The minimum Gasteiger partial charge on any atom is -0.322 e. The number of anilines is 1. The molecule has 1 fully saturated rings. The molecule has 0 aromatic heterocycles. The Hall–Kier alpha value is -1.53. The van der Waals surface area contributed by atoms with Crippen LogP contribution < -0.4 is 5.32 Å². The molecule has 6 heteroatoms. The second kappa shape index (κ2) is 6.71. The van der Waals surface area contributed by atoms with Crippen molar-refractivity contribution in [3.8, 4) is 0 Å². The Balaban J connectivity index is 1.77. The summed E-state index contributed by atoms with van der Waals surface area (Å²) in [6.07, 6.45) is 0. The highest BCUT2D eigenvalue weighted by Crippen LogP contribution is 2.45. The first kappa shape index (κ1) is 15.4. The molecule has 2 aromatic carbocycles. The van der Waals surface area contributed by atoms with Gasteiger partial charge in [-0.05, 0) is 29.8 Å². The van der Waals surface area contributed by atoms with E-state index in [2.05, 4.69) is 5.32 Å². The van der Waals surface area contributed by atoms with Crippen LogP contribution in [0.4, 0.5) is 14.5 Å². The Labute approximate surface area is 135 Å². The molecule has 1 aliphatic rings. The molecule has 0 aliphatic carbocycles. The predicted octanol–water partition coefficient (Wildman–Crippen LogP) is 4.70. The van der Waals surface area contributed by atoms with Crippen LogP contribution in [-0.2, 0) is 0 Å². The molecule has 0 spiro atoms. The molecule has 0 radical (unpaired) electrons. The van der Waals surface area contributed by atoms with E-state index >= 15 is 0 Å². The van der Waals surface area contributed by atoms with Crippen molar-refractivity contribution in [3.63, 3.8) is 0 Å². The maximum atomic E-state index is 13.6. The third-order valence-corrected chi connectivity index (χ3v) is 6.32. The van der Waals surface area contributed by atoms with Gasteiger partial charge < -0.3 is 5.32 Å². The van der Waals surface area contributed by atoms with E-state index in [4.69, 9.17) is 0 Å². The maximum absolute atomic E-state index is 13.6. The highest BCUT2D eigenvalue weighted by Gasteiger charge is 2.19. The molecule has 0 unspecified atom stereocenters. The number of amides is 1. The van der Waals surface area contributed by atoms with Gasteiger partial charge in [0.25, 0.3) is 5.91 Å². The van der Waals surface area contributed by atoms with Gasteiger partial charge >= 0.3 is 0 Å². The lowest BCUT2D eigenvalue weighted by Crippen LogP contribution is -2.14. The van der Waals surface area contributed by atoms with E-state index < -0.39 is 17.5 Å². The number of hydrogen-bond donors (Lipinski definition) is 1. The topological polar surface area (TPSA) is 29.1 Å². The zero-order valence-electron chi connectivity index (χ0n) is 11.5. The minimum absolute atomic E-state index is 0.170. The number of rotatable bonds is 3. The number of carbonyl (C=O) groups is 1. The fourth-order valence-corrected chi connectivity index (χ4v) is 5.02. The van der Waals surface area contributed by atoms with Crippen molar-refractivity contribution < 1.29 is 13.6 Å². The first-order chi connectivity index (χ1) is 10.6. The molecule has 0 bridgehead atoms. The van der Waals surface area contributed by atoms with E-state index in [0.29, 0.717) is 16.3 Å². The van der Waals surface area contributed by atoms with E-state index in [1.54, 1.807) is 6.07 Å². The lowest BCUT2D eigenvalue weighted by Gasteiger charge is -2.11. The van der Waals surface area contributed by atoms with Crippen LogP contribution in [0.25, 0.3) is 0 Å². The van der Waals surface area contributed by atoms with E-state index in [9.17, 15) is 13.6 Å². The normalized spacial score (nSPS) is 15.0. The number of benzene rings is 2. The highest BCUT2D eigenvalue weighted by molar-refractivity contribution is 8.19. The zero-order valence-corrected chi connectivity index (χ0v) is 13.1. The monoisotopic (exact) mass is 337 g/mol. The SMILES string of the molecule is O=C(Nc1cccc(C2SCCS2)c1)c1ccc(F)cc1F. The number of nitrogens with one attached hydrogen (secondary N) is 1. The van der Waals surface area contributed by atoms with Crippen molar-refractivity contribution in [1.82, 2.24) is 0 Å². The summed E-state index contributed by atoms with van der Waals surface area (Å²) in [6, 6.07) is 10.5. The van der Waals surface area contributed by atoms with E-state index in [-0.39, 0.29) is 5.56 Å². The third kappa shape index (κ3) is 3.44. The van der Waals surface area contributed by atoms with Crippen LogP contribution in [0.15, 0.2) is 42.5 Å². The largest absolute Gasteiger partial charge is 0.322 e. The Kier molecular flexibility index (Phi) is 4.69. The van der Waals surface area contributed by atoms with Crippen molar-refractivity contribution in [2.45, 2.75) is 4.58 Å². The van der Waals surface area contributed by atoms with E-state index in [0.717, 1.165) is 29.2 Å². The molecule has 3 rings (SSSR count). The quantitative estimate of drug-likeness (QED) is 0.880. The van der Waals surface area contributed by atoms with Crippen molar-refractivity contribution in [3.05, 3.63) is 65.2 Å². The zero-order chi connectivity index (χ0) is 15.5. The van der Waals surface area contributed by atoms with Crippen molar-refractivity contribution in [1.29, 1.82) is 0 Å². The second-order valence-electron chi connectivity index (χ2n) is 4.78. The van der Waals surface area contributed by atoms with Crippen LogP contribution in [0, 0.1) is 11.6 Å². The Bertz CT molecular complexity index is 702. The van der Waals surface area contributed by atoms with Gasteiger partial charge in [-0.3, -0.25) is 4.79 Å². The van der Waals surface area contributed by atoms with Crippen LogP contribution in [0.5, 0.6) is 0 Å². The lowest BCUT2D eigenvalue weighted by atomic mass is 10.1. The summed E-state index contributed by atoms with van der Waals surface area (Å²) in [4.78, 5) is 12.1. The Morgan fingerprint density at radius 3 is 2.59 bits per heavy atom. The fourth-order valence-electron chi connectivity index (χ4n) is 2.19. The molecule has 1 amide bonds. The van der Waals surface area contributed by atoms with E-state index in [1.165, 1.54) is 0 Å². The molecular weight excluding hydrogens is 324 g/mol. The summed E-state index contributed by atoms with van der Waals surface area (Å²) in [5.41, 5.74) is 1.57. The molecule has 1 aliphatic heterocycles. The molecule has 2 aromatic rings. The summed E-state index contributed by atoms with van der Waals surface area (Å²) in [7, 11) is 0. The van der Waals surface area contributed by atoms with Crippen LogP contribution in [-0.4, -0.2) is 17.4 Å². The average Bonchev–Trinajstić information content (AvgIpc) is 3.01. The summed E-state index contributed by atoms with van der Waals surface area (Å²) in [5.74, 6) is 0.0858. The standard InChI is InChI=1S/C16H13F2NOS2/c17-11-4-5-13(14(18)9-11)15(20)19-12-3-1-2-10(8-12)16-21-6-7-22-16/h1-5,8-9,16H,6-7H2,(H,19,20). The summed E-state index contributed by atoms with van der Waals surface area (Å²) < 4.78 is 26.9. The summed E-state index contributed by atoms with van der Waals surface area (Å²) in [5, 5.41) is 2.66. The van der Waals surface area contributed by atoms with Gasteiger partial charge in [0.1, 0.15) is 11.6 Å². The average molecular weight is 337 g/mol. The van der Waals surface area contributed by atoms with Crippen molar-refractivity contribution >= 4 is 35.1 Å². The highest BCUT2D eigenvalue weighted by atomic mass is 32.2. The number of halogens is 2. The second-order valence-corrected chi connectivity index (χ2v) is 7.50. The van der Waals surface area contributed by atoms with Crippen LogP contribution in [0.3, 0.4) is 0 Å². The number of carbonyl (C=O) groups excluding carboxylic acids is 1. The third-order valence-electron chi connectivity index (χ3n) is 3.21. The Morgan fingerprint density at radius 1 is 1.09 bits per heavy atom. The molecule has 1 saturated heterocycles.